The predicted octanol–water partition coefficient (Wildman–Crippen LogP) is 5.69. The Morgan fingerprint density at radius 1 is 1.10 bits per heavy atom. The van der Waals surface area contributed by atoms with Gasteiger partial charge in [0.2, 0.25) is 0 Å². The molecule has 0 spiro atoms. The average molecular weight is 390 g/mol. The fourth-order valence-corrected chi connectivity index (χ4v) is 4.29. The van der Waals surface area contributed by atoms with Crippen LogP contribution in [0, 0.1) is 0 Å². The number of hydrogen-bond acceptors (Lipinski definition) is 4. The highest BCUT2D eigenvalue weighted by Crippen LogP contribution is 2.54. The number of hydrogen-bond donors (Lipinski definition) is 1. The van der Waals surface area contributed by atoms with Crippen molar-refractivity contribution in [3.05, 3.63) is 64.2 Å². The Morgan fingerprint density at radius 2 is 1.93 bits per heavy atom. The SMILES string of the molecule is CC(C)=CCc1cc2c(cc1O)OC[C@H]1c3cc4c(cc3O[C@@H]21)C=CC(C)(C)O4. The van der Waals surface area contributed by atoms with Crippen LogP contribution in [0.5, 0.6) is 23.0 Å². The molecule has 3 heterocycles. The highest BCUT2D eigenvalue weighted by atomic mass is 16.5. The summed E-state index contributed by atoms with van der Waals surface area (Å²) in [6, 6.07) is 7.94. The molecule has 0 saturated carbocycles. The lowest BCUT2D eigenvalue weighted by Gasteiger charge is -2.29. The van der Waals surface area contributed by atoms with Gasteiger partial charge in [0.25, 0.3) is 0 Å². The van der Waals surface area contributed by atoms with Crippen LogP contribution in [0.2, 0.25) is 0 Å². The van der Waals surface area contributed by atoms with Crippen molar-refractivity contribution in [2.45, 2.75) is 51.7 Å². The summed E-state index contributed by atoms with van der Waals surface area (Å²) >= 11 is 0. The van der Waals surface area contributed by atoms with Gasteiger partial charge in [0.05, 0.1) is 12.5 Å². The monoisotopic (exact) mass is 390 g/mol. The second-order valence-corrected chi connectivity index (χ2v) is 8.93. The molecule has 0 amide bonds. The van der Waals surface area contributed by atoms with Crippen molar-refractivity contribution >= 4 is 6.08 Å². The number of rotatable bonds is 2. The van der Waals surface area contributed by atoms with Gasteiger partial charge >= 0.3 is 0 Å². The third-order valence-corrected chi connectivity index (χ3v) is 5.86. The van der Waals surface area contributed by atoms with E-state index >= 15 is 0 Å². The van der Waals surface area contributed by atoms with Crippen molar-refractivity contribution < 1.29 is 19.3 Å². The molecule has 0 aliphatic carbocycles. The second-order valence-electron chi connectivity index (χ2n) is 8.93. The fourth-order valence-electron chi connectivity index (χ4n) is 4.29. The minimum absolute atomic E-state index is 0.111. The maximum atomic E-state index is 10.4. The number of allylic oxidation sites excluding steroid dienone is 2. The predicted molar refractivity (Wildman–Crippen MR) is 113 cm³/mol. The fraction of sp³-hybridized carbons (Fsp3) is 0.360. The minimum Gasteiger partial charge on any atom is -0.508 e. The molecular weight excluding hydrogens is 364 g/mol. The van der Waals surface area contributed by atoms with Crippen LogP contribution in [0.15, 0.2) is 42.0 Å². The normalized spacial score (nSPS) is 22.2. The second kappa shape index (κ2) is 6.31. The Kier molecular flexibility index (Phi) is 3.95. The lowest BCUT2D eigenvalue weighted by molar-refractivity contribution is 0.139. The molecule has 3 aliphatic heterocycles. The zero-order chi connectivity index (χ0) is 20.3. The Bertz CT molecular complexity index is 1060. The largest absolute Gasteiger partial charge is 0.508 e. The number of phenolic OH excluding ortho intramolecular Hbond substituents is 1. The van der Waals surface area contributed by atoms with Crippen LogP contribution in [0.1, 0.15) is 62.0 Å². The molecule has 2 aromatic rings. The first-order valence-electron chi connectivity index (χ1n) is 10.2. The third kappa shape index (κ3) is 3.07. The first-order chi connectivity index (χ1) is 13.8. The first kappa shape index (κ1) is 18.2. The number of fused-ring (bicyclic) bond motifs is 6. The molecule has 0 radical (unpaired) electrons. The van der Waals surface area contributed by atoms with Gasteiger partial charge in [-0.15, -0.1) is 0 Å². The smallest absolute Gasteiger partial charge is 0.138 e. The van der Waals surface area contributed by atoms with Crippen LogP contribution in [0.4, 0.5) is 0 Å². The molecule has 29 heavy (non-hydrogen) atoms. The third-order valence-electron chi connectivity index (χ3n) is 5.86. The van der Waals surface area contributed by atoms with E-state index in [9.17, 15) is 5.11 Å². The Morgan fingerprint density at radius 3 is 2.72 bits per heavy atom. The van der Waals surface area contributed by atoms with E-state index in [1.165, 1.54) is 5.57 Å². The number of ether oxygens (including phenoxy) is 3. The molecule has 0 saturated heterocycles. The van der Waals surface area contributed by atoms with Crippen molar-refractivity contribution in [2.75, 3.05) is 6.61 Å². The zero-order valence-electron chi connectivity index (χ0n) is 17.3. The number of aromatic hydroxyl groups is 1. The van der Waals surface area contributed by atoms with Gasteiger partial charge in [-0.05, 0) is 64.0 Å². The van der Waals surface area contributed by atoms with Crippen LogP contribution in [-0.2, 0) is 6.42 Å². The van der Waals surface area contributed by atoms with Crippen LogP contribution < -0.4 is 14.2 Å². The zero-order valence-corrected chi connectivity index (χ0v) is 17.3. The van der Waals surface area contributed by atoms with E-state index in [2.05, 4.69) is 58.1 Å². The molecule has 4 nitrogen and oxygen atoms in total. The van der Waals surface area contributed by atoms with Gasteiger partial charge in [0, 0.05) is 22.8 Å². The van der Waals surface area contributed by atoms with E-state index in [0.717, 1.165) is 33.8 Å². The summed E-state index contributed by atoms with van der Waals surface area (Å²) < 4.78 is 18.6. The molecule has 2 atom stereocenters. The summed E-state index contributed by atoms with van der Waals surface area (Å²) in [5, 5.41) is 10.4. The van der Waals surface area contributed by atoms with Crippen molar-refractivity contribution in [2.24, 2.45) is 0 Å². The van der Waals surface area contributed by atoms with Crippen molar-refractivity contribution in [1.82, 2.24) is 0 Å². The van der Waals surface area contributed by atoms with Gasteiger partial charge in [-0.2, -0.15) is 0 Å². The molecule has 3 aliphatic rings. The van der Waals surface area contributed by atoms with Gasteiger partial charge in [-0.25, -0.2) is 0 Å². The quantitative estimate of drug-likeness (QED) is 0.669. The maximum absolute atomic E-state index is 10.4. The lowest BCUT2D eigenvalue weighted by Crippen LogP contribution is -2.27. The van der Waals surface area contributed by atoms with E-state index in [0.29, 0.717) is 18.8 Å². The van der Waals surface area contributed by atoms with Gasteiger partial charge in [0.15, 0.2) is 0 Å². The van der Waals surface area contributed by atoms with Crippen LogP contribution in [0.3, 0.4) is 0 Å². The first-order valence-corrected chi connectivity index (χ1v) is 10.2. The van der Waals surface area contributed by atoms with Crippen molar-refractivity contribution in [3.8, 4) is 23.0 Å². The molecule has 0 aromatic heterocycles. The van der Waals surface area contributed by atoms with Gasteiger partial charge in [0.1, 0.15) is 34.7 Å². The summed E-state index contributed by atoms with van der Waals surface area (Å²) in [6.45, 7) is 8.75. The summed E-state index contributed by atoms with van der Waals surface area (Å²) in [5.41, 5.74) is 4.97. The minimum atomic E-state index is -0.312. The van der Waals surface area contributed by atoms with Crippen molar-refractivity contribution in [1.29, 1.82) is 0 Å². The van der Waals surface area contributed by atoms with E-state index in [1.807, 2.05) is 6.07 Å². The highest BCUT2D eigenvalue weighted by molar-refractivity contribution is 5.66. The van der Waals surface area contributed by atoms with Crippen LogP contribution in [-0.4, -0.2) is 17.3 Å². The molecule has 4 heteroatoms. The molecule has 1 N–H and O–H groups in total. The molecule has 150 valence electrons. The number of phenols is 1. The molecular formula is C25H26O4. The number of benzene rings is 2. The summed E-state index contributed by atoms with van der Waals surface area (Å²) in [6.07, 6.45) is 6.87. The summed E-state index contributed by atoms with van der Waals surface area (Å²) in [5.74, 6) is 2.87. The molecule has 2 aromatic carbocycles. The standard InChI is InChI=1S/C25H26O4/c1-14(2)5-6-15-9-18-22(12-20(15)26)27-13-19-17-11-21-16(7-8-25(3,4)29-21)10-23(17)28-24(18)19/h5,7-12,19,24,26H,6,13H2,1-4H3/t19-,24-/m0/s1. The van der Waals surface area contributed by atoms with Gasteiger partial charge < -0.3 is 19.3 Å². The van der Waals surface area contributed by atoms with E-state index in [4.69, 9.17) is 14.2 Å². The van der Waals surface area contributed by atoms with Crippen LogP contribution >= 0.6 is 0 Å². The summed E-state index contributed by atoms with van der Waals surface area (Å²) in [7, 11) is 0. The van der Waals surface area contributed by atoms with Gasteiger partial charge in [-0.3, -0.25) is 0 Å². The average Bonchev–Trinajstić information content (AvgIpc) is 3.01. The molecule has 0 bridgehead atoms. The molecule has 0 fully saturated rings. The lowest BCUT2D eigenvalue weighted by atomic mass is 9.87. The van der Waals surface area contributed by atoms with Crippen LogP contribution in [0.25, 0.3) is 6.08 Å². The molecule has 0 unspecified atom stereocenters. The summed E-state index contributed by atoms with van der Waals surface area (Å²) in [4.78, 5) is 0. The van der Waals surface area contributed by atoms with E-state index in [-0.39, 0.29) is 23.4 Å². The van der Waals surface area contributed by atoms with Crippen molar-refractivity contribution in [3.63, 3.8) is 0 Å². The Hall–Kier alpha value is -2.88. The van der Waals surface area contributed by atoms with E-state index < -0.39 is 0 Å². The highest BCUT2D eigenvalue weighted by Gasteiger charge is 2.42. The Balaban J connectivity index is 1.53. The molecule has 5 rings (SSSR count). The maximum Gasteiger partial charge on any atom is 0.138 e. The van der Waals surface area contributed by atoms with E-state index in [1.54, 1.807) is 6.07 Å². The van der Waals surface area contributed by atoms with Gasteiger partial charge in [-0.1, -0.05) is 17.7 Å². The topological polar surface area (TPSA) is 47.9 Å². The Labute approximate surface area is 171 Å².